The van der Waals surface area contributed by atoms with E-state index in [1.54, 1.807) is 0 Å². The first-order valence-electron chi connectivity index (χ1n) is 5.07. The van der Waals surface area contributed by atoms with Gasteiger partial charge < -0.3 is 5.32 Å². The number of nitrogens with one attached hydrogen (secondary N) is 1. The van der Waals surface area contributed by atoms with Gasteiger partial charge >= 0.3 is 0 Å². The van der Waals surface area contributed by atoms with Crippen LogP contribution in [0.1, 0.15) is 18.4 Å². The molecule has 0 bridgehead atoms. The van der Waals surface area contributed by atoms with Gasteiger partial charge in [0.1, 0.15) is 11.0 Å². The second kappa shape index (κ2) is 4.21. The molecule has 2 heterocycles. The van der Waals surface area contributed by atoms with Crippen molar-refractivity contribution in [3.63, 3.8) is 0 Å². The molecule has 1 N–H and O–H groups in total. The summed E-state index contributed by atoms with van der Waals surface area (Å²) in [5, 5.41) is 3.84. The normalized spacial score (nSPS) is 11.1. The van der Waals surface area contributed by atoms with Crippen LogP contribution in [-0.2, 0) is 13.0 Å². The molecule has 0 radical (unpaired) electrons. The lowest BCUT2D eigenvalue weighted by molar-refractivity contribution is 0.796. The van der Waals surface area contributed by atoms with Gasteiger partial charge in [0.2, 0.25) is 0 Å². The molecule has 0 saturated heterocycles. The number of aromatic nitrogens is 2. The first kappa shape index (κ1) is 10.5. The Morgan fingerprint density at radius 2 is 2.27 bits per heavy atom. The number of rotatable bonds is 3. The van der Waals surface area contributed by atoms with Crippen LogP contribution in [0.4, 0.5) is 0 Å². The molecule has 2 rings (SSSR count). The average Bonchev–Trinajstić information content (AvgIpc) is 2.59. The van der Waals surface area contributed by atoms with E-state index in [1.807, 2.05) is 29.6 Å². The number of nitrogens with zero attached hydrogens (tertiary/aromatic N) is 2. The first-order valence-corrected chi connectivity index (χ1v) is 5.45. The highest BCUT2D eigenvalue weighted by Crippen LogP contribution is 2.19. The predicted molar refractivity (Wildman–Crippen MR) is 62.3 cm³/mol. The van der Waals surface area contributed by atoms with E-state index < -0.39 is 0 Å². The molecule has 15 heavy (non-hydrogen) atoms. The highest BCUT2D eigenvalue weighted by molar-refractivity contribution is 6.29. The van der Waals surface area contributed by atoms with Crippen molar-refractivity contribution in [3.05, 3.63) is 34.9 Å². The Morgan fingerprint density at radius 3 is 2.93 bits per heavy atom. The maximum absolute atomic E-state index is 6.16. The largest absolute Gasteiger partial charge is 0.314 e. The fraction of sp³-hybridized carbons (Fsp3) is 0.364. The molecule has 3 nitrogen and oxygen atoms in total. The summed E-state index contributed by atoms with van der Waals surface area (Å²) >= 11 is 6.16. The number of imidazole rings is 1. The molecule has 0 unspecified atom stereocenters. The lowest BCUT2D eigenvalue weighted by atomic mass is 10.3. The van der Waals surface area contributed by atoms with Gasteiger partial charge in [-0.3, -0.25) is 4.40 Å². The van der Waals surface area contributed by atoms with E-state index in [0.717, 1.165) is 35.2 Å². The molecule has 0 aliphatic carbocycles. The van der Waals surface area contributed by atoms with E-state index in [9.17, 15) is 0 Å². The van der Waals surface area contributed by atoms with E-state index in [0.29, 0.717) is 0 Å². The summed E-state index contributed by atoms with van der Waals surface area (Å²) in [6, 6.07) is 5.89. The van der Waals surface area contributed by atoms with Crippen molar-refractivity contribution in [2.45, 2.75) is 19.9 Å². The molecule has 0 amide bonds. The monoisotopic (exact) mass is 223 g/mol. The Balaban J connectivity index is 2.69. The van der Waals surface area contributed by atoms with Crippen molar-refractivity contribution in [2.75, 3.05) is 7.05 Å². The van der Waals surface area contributed by atoms with E-state index in [1.165, 1.54) is 0 Å². The number of aryl methyl sites for hydroxylation is 1. The van der Waals surface area contributed by atoms with Crippen LogP contribution < -0.4 is 5.32 Å². The van der Waals surface area contributed by atoms with Crippen LogP contribution >= 0.6 is 11.6 Å². The summed E-state index contributed by atoms with van der Waals surface area (Å²) in [5.74, 6) is 1.01. The van der Waals surface area contributed by atoms with Gasteiger partial charge in [-0.15, -0.1) is 0 Å². The van der Waals surface area contributed by atoms with Gasteiger partial charge in [0, 0.05) is 13.0 Å². The molecule has 4 heteroatoms. The molecule has 2 aromatic rings. The van der Waals surface area contributed by atoms with Crippen LogP contribution in [0.25, 0.3) is 5.52 Å². The van der Waals surface area contributed by atoms with Crippen LogP contribution in [0.2, 0.25) is 5.15 Å². The summed E-state index contributed by atoms with van der Waals surface area (Å²) in [6.07, 6.45) is 0.884. The standard InChI is InChI=1S/C11H14ClN3/c1-3-11-14-8(7-13-2)9-5-4-6-10(12)15(9)11/h4-6,13H,3,7H2,1-2H3. The third kappa shape index (κ3) is 1.73. The number of fused-ring (bicyclic) bond motifs is 1. The zero-order chi connectivity index (χ0) is 10.8. The van der Waals surface area contributed by atoms with Gasteiger partial charge in [0.15, 0.2) is 0 Å². The summed E-state index contributed by atoms with van der Waals surface area (Å²) in [4.78, 5) is 4.57. The minimum atomic E-state index is 0.721. The van der Waals surface area contributed by atoms with E-state index >= 15 is 0 Å². The molecule has 0 aliphatic rings. The third-order valence-corrected chi connectivity index (χ3v) is 2.72. The topological polar surface area (TPSA) is 29.3 Å². The zero-order valence-electron chi connectivity index (χ0n) is 8.92. The molecule has 0 aliphatic heterocycles. The minimum absolute atomic E-state index is 0.721. The van der Waals surface area contributed by atoms with Crippen molar-refractivity contribution in [3.8, 4) is 0 Å². The van der Waals surface area contributed by atoms with Crippen molar-refractivity contribution in [1.82, 2.24) is 14.7 Å². The van der Waals surface area contributed by atoms with Crippen LogP contribution in [0.5, 0.6) is 0 Å². The summed E-state index contributed by atoms with van der Waals surface area (Å²) < 4.78 is 2.01. The molecule has 0 aromatic carbocycles. The maximum Gasteiger partial charge on any atom is 0.114 e. The Hall–Kier alpha value is -1.06. The maximum atomic E-state index is 6.16. The predicted octanol–water partition coefficient (Wildman–Crippen LogP) is 2.27. The summed E-state index contributed by atoms with van der Waals surface area (Å²) in [7, 11) is 1.92. The fourth-order valence-electron chi connectivity index (χ4n) is 1.77. The average molecular weight is 224 g/mol. The van der Waals surface area contributed by atoms with Gasteiger partial charge in [-0.2, -0.15) is 0 Å². The second-order valence-electron chi connectivity index (χ2n) is 3.43. The third-order valence-electron chi connectivity index (χ3n) is 2.42. The Morgan fingerprint density at radius 1 is 1.47 bits per heavy atom. The molecule has 0 atom stereocenters. The van der Waals surface area contributed by atoms with Crippen molar-refractivity contribution in [1.29, 1.82) is 0 Å². The molecule has 0 spiro atoms. The van der Waals surface area contributed by atoms with Gasteiger partial charge in [-0.1, -0.05) is 24.6 Å². The van der Waals surface area contributed by atoms with E-state index in [4.69, 9.17) is 11.6 Å². The smallest absolute Gasteiger partial charge is 0.114 e. The Labute approximate surface area is 94.1 Å². The highest BCUT2D eigenvalue weighted by atomic mass is 35.5. The molecule has 0 fully saturated rings. The van der Waals surface area contributed by atoms with Crippen molar-refractivity contribution >= 4 is 17.1 Å². The molecule has 0 saturated carbocycles. The van der Waals surface area contributed by atoms with Crippen LogP contribution in [0.15, 0.2) is 18.2 Å². The van der Waals surface area contributed by atoms with E-state index in [-0.39, 0.29) is 0 Å². The molecule has 2 aromatic heterocycles. The summed E-state index contributed by atoms with van der Waals surface area (Å²) in [5.41, 5.74) is 2.14. The Kier molecular flexibility index (Phi) is 2.93. The van der Waals surface area contributed by atoms with Crippen LogP contribution in [0.3, 0.4) is 0 Å². The van der Waals surface area contributed by atoms with Crippen molar-refractivity contribution < 1.29 is 0 Å². The van der Waals surface area contributed by atoms with Crippen LogP contribution in [0, 0.1) is 0 Å². The quantitative estimate of drug-likeness (QED) is 0.809. The number of halogens is 1. The van der Waals surface area contributed by atoms with Gasteiger partial charge in [-0.25, -0.2) is 4.98 Å². The number of hydrogen-bond donors (Lipinski definition) is 1. The number of pyridine rings is 1. The van der Waals surface area contributed by atoms with Gasteiger partial charge in [0.25, 0.3) is 0 Å². The van der Waals surface area contributed by atoms with Crippen LogP contribution in [-0.4, -0.2) is 16.4 Å². The minimum Gasteiger partial charge on any atom is -0.314 e. The lowest BCUT2D eigenvalue weighted by Gasteiger charge is -2.01. The SMILES string of the molecule is CCc1nc(CNC)c2cccc(Cl)n12. The zero-order valence-corrected chi connectivity index (χ0v) is 9.67. The fourth-order valence-corrected chi connectivity index (χ4v) is 2.03. The van der Waals surface area contributed by atoms with Gasteiger partial charge in [0.05, 0.1) is 11.2 Å². The van der Waals surface area contributed by atoms with Crippen molar-refractivity contribution in [2.24, 2.45) is 0 Å². The van der Waals surface area contributed by atoms with Gasteiger partial charge in [-0.05, 0) is 19.2 Å². The molecule has 80 valence electrons. The highest BCUT2D eigenvalue weighted by Gasteiger charge is 2.10. The lowest BCUT2D eigenvalue weighted by Crippen LogP contribution is -2.05. The first-order chi connectivity index (χ1) is 7.27. The number of hydrogen-bond acceptors (Lipinski definition) is 2. The molecular weight excluding hydrogens is 210 g/mol. The summed E-state index contributed by atoms with van der Waals surface area (Å²) in [6.45, 7) is 2.85. The van der Waals surface area contributed by atoms with E-state index in [2.05, 4.69) is 17.2 Å². The second-order valence-corrected chi connectivity index (χ2v) is 3.82. The Bertz CT molecular complexity index is 476. The molecular formula is C11H14ClN3.